The number of hydrogen-bond donors (Lipinski definition) is 1. The topological polar surface area (TPSA) is 97.3 Å². The van der Waals surface area contributed by atoms with E-state index in [0.717, 1.165) is 0 Å². The van der Waals surface area contributed by atoms with E-state index in [1.54, 1.807) is 37.6 Å². The first-order valence-electron chi connectivity index (χ1n) is 7.06. The molecule has 1 N–H and O–H groups in total. The van der Waals surface area contributed by atoms with Crippen LogP contribution in [-0.4, -0.2) is 46.5 Å². The van der Waals surface area contributed by atoms with Crippen molar-refractivity contribution in [2.24, 2.45) is 0 Å². The zero-order valence-electron chi connectivity index (χ0n) is 13.1. The van der Waals surface area contributed by atoms with Crippen LogP contribution in [0.25, 0.3) is 0 Å². The summed E-state index contributed by atoms with van der Waals surface area (Å²) < 4.78 is 5.10. The molecule has 0 aromatic carbocycles. The fraction of sp³-hybridized carbons (Fsp3) is 0.267. The minimum absolute atomic E-state index is 0.0825. The third-order valence-corrected chi connectivity index (χ3v) is 3.14. The van der Waals surface area contributed by atoms with Crippen LogP contribution in [-0.2, 0) is 14.3 Å². The normalized spacial score (nSPS) is 11.5. The highest BCUT2D eigenvalue weighted by atomic mass is 35.5. The number of esters is 1. The van der Waals surface area contributed by atoms with Gasteiger partial charge in [-0.1, -0.05) is 11.6 Å². The number of carbonyl (C=O) groups is 2. The van der Waals surface area contributed by atoms with Crippen LogP contribution in [0, 0.1) is 0 Å². The lowest BCUT2D eigenvalue weighted by Gasteiger charge is -2.18. The molecule has 126 valence electrons. The molecule has 2 rings (SSSR count). The number of nitrogens with zero attached hydrogens (tertiary/aromatic N) is 4. The average molecular weight is 350 g/mol. The van der Waals surface area contributed by atoms with E-state index >= 15 is 0 Å². The van der Waals surface area contributed by atoms with Gasteiger partial charge in [0.15, 0.2) is 6.10 Å². The van der Waals surface area contributed by atoms with Crippen LogP contribution in [0.1, 0.15) is 6.92 Å². The summed E-state index contributed by atoms with van der Waals surface area (Å²) in [6.07, 6.45) is 3.57. The maximum absolute atomic E-state index is 12.0. The van der Waals surface area contributed by atoms with Crippen LogP contribution in [0.5, 0.6) is 0 Å². The molecule has 0 bridgehead atoms. The standard InChI is InChI=1S/C15H16ClN5O3/c1-10(14(23)20-12-5-4-11(16)8-19-12)24-13(22)9-21(2)15-17-6-3-7-18-15/h3-8,10H,9H2,1-2H3,(H,19,20,23)/t10-/m1/s1. The number of halogens is 1. The Morgan fingerprint density at radius 2 is 2.00 bits per heavy atom. The van der Waals surface area contributed by atoms with E-state index in [1.165, 1.54) is 18.0 Å². The first kappa shape index (κ1) is 17.6. The van der Waals surface area contributed by atoms with E-state index in [9.17, 15) is 9.59 Å². The van der Waals surface area contributed by atoms with Crippen LogP contribution in [0.2, 0.25) is 5.02 Å². The summed E-state index contributed by atoms with van der Waals surface area (Å²) in [6.45, 7) is 1.39. The van der Waals surface area contributed by atoms with Crippen molar-refractivity contribution >= 4 is 35.2 Å². The van der Waals surface area contributed by atoms with Crippen molar-refractivity contribution in [2.45, 2.75) is 13.0 Å². The van der Waals surface area contributed by atoms with E-state index < -0.39 is 18.0 Å². The Morgan fingerprint density at radius 3 is 2.62 bits per heavy atom. The number of nitrogens with one attached hydrogen (secondary N) is 1. The molecule has 2 aromatic rings. The van der Waals surface area contributed by atoms with Crippen LogP contribution in [0.3, 0.4) is 0 Å². The van der Waals surface area contributed by atoms with E-state index in [0.29, 0.717) is 16.8 Å². The van der Waals surface area contributed by atoms with Crippen molar-refractivity contribution in [3.05, 3.63) is 41.8 Å². The zero-order valence-corrected chi connectivity index (χ0v) is 13.9. The molecule has 0 aliphatic carbocycles. The molecule has 2 aromatic heterocycles. The number of aromatic nitrogens is 3. The van der Waals surface area contributed by atoms with Gasteiger partial charge in [-0.15, -0.1) is 0 Å². The van der Waals surface area contributed by atoms with Crippen molar-refractivity contribution in [2.75, 3.05) is 23.8 Å². The first-order chi connectivity index (χ1) is 11.5. The molecule has 9 heteroatoms. The van der Waals surface area contributed by atoms with Crippen molar-refractivity contribution in [3.8, 4) is 0 Å². The third kappa shape index (κ3) is 5.17. The molecule has 1 amide bonds. The molecule has 2 heterocycles. The summed E-state index contributed by atoms with van der Waals surface area (Å²) in [7, 11) is 1.65. The number of likely N-dealkylation sites (N-methyl/N-ethyl adjacent to an activating group) is 1. The second kappa shape index (κ2) is 8.21. The van der Waals surface area contributed by atoms with Crippen LogP contribution in [0.15, 0.2) is 36.8 Å². The molecule has 0 saturated carbocycles. The van der Waals surface area contributed by atoms with Crippen molar-refractivity contribution in [3.63, 3.8) is 0 Å². The largest absolute Gasteiger partial charge is 0.451 e. The van der Waals surface area contributed by atoms with E-state index in [1.807, 2.05) is 0 Å². The average Bonchev–Trinajstić information content (AvgIpc) is 2.57. The molecule has 8 nitrogen and oxygen atoms in total. The molecular weight excluding hydrogens is 334 g/mol. The predicted octanol–water partition coefficient (Wildman–Crippen LogP) is 1.53. The van der Waals surface area contributed by atoms with E-state index in [4.69, 9.17) is 16.3 Å². The highest BCUT2D eigenvalue weighted by Gasteiger charge is 2.19. The smallest absolute Gasteiger partial charge is 0.326 e. The summed E-state index contributed by atoms with van der Waals surface area (Å²) in [4.78, 5) is 37.4. The number of amides is 1. The Labute approximate surface area is 143 Å². The maximum Gasteiger partial charge on any atom is 0.326 e. The molecule has 0 saturated heterocycles. The van der Waals surface area contributed by atoms with Gasteiger partial charge in [0.05, 0.1) is 5.02 Å². The molecule has 0 unspecified atom stereocenters. The monoisotopic (exact) mass is 349 g/mol. The van der Waals surface area contributed by atoms with Gasteiger partial charge >= 0.3 is 5.97 Å². The fourth-order valence-corrected chi connectivity index (χ4v) is 1.83. The number of pyridine rings is 1. The molecule has 0 aliphatic rings. The lowest BCUT2D eigenvalue weighted by Crippen LogP contribution is -2.35. The minimum Gasteiger partial charge on any atom is -0.451 e. The SMILES string of the molecule is C[C@@H](OC(=O)CN(C)c1ncccn1)C(=O)Nc1ccc(Cl)cn1. The van der Waals surface area contributed by atoms with Crippen molar-refractivity contribution in [1.29, 1.82) is 0 Å². The van der Waals surface area contributed by atoms with Gasteiger partial charge < -0.3 is 15.0 Å². The highest BCUT2D eigenvalue weighted by molar-refractivity contribution is 6.30. The Hall–Kier alpha value is -2.74. The summed E-state index contributed by atoms with van der Waals surface area (Å²) in [6, 6.07) is 4.82. The van der Waals surface area contributed by atoms with Gasteiger partial charge in [0, 0.05) is 25.6 Å². The summed E-state index contributed by atoms with van der Waals surface area (Å²) in [5.74, 6) is -0.354. The molecule has 0 spiro atoms. The van der Waals surface area contributed by atoms with Crippen LogP contribution in [0.4, 0.5) is 11.8 Å². The molecule has 0 fully saturated rings. The van der Waals surface area contributed by atoms with Gasteiger partial charge in [-0.3, -0.25) is 9.59 Å². The molecule has 0 aliphatic heterocycles. The molecule has 24 heavy (non-hydrogen) atoms. The molecule has 0 radical (unpaired) electrons. The number of hydrogen-bond acceptors (Lipinski definition) is 7. The lowest BCUT2D eigenvalue weighted by molar-refractivity contribution is -0.151. The number of anilines is 2. The van der Waals surface area contributed by atoms with Gasteiger partial charge in [-0.2, -0.15) is 0 Å². The minimum atomic E-state index is -0.972. The number of carbonyl (C=O) groups excluding carboxylic acids is 2. The first-order valence-corrected chi connectivity index (χ1v) is 7.43. The Kier molecular flexibility index (Phi) is 6.02. The molecular formula is C15H16ClN5O3. The van der Waals surface area contributed by atoms with Gasteiger partial charge in [-0.05, 0) is 25.1 Å². The Morgan fingerprint density at radius 1 is 1.29 bits per heavy atom. The second-order valence-corrected chi connectivity index (χ2v) is 5.32. The number of rotatable bonds is 6. The van der Waals surface area contributed by atoms with E-state index in [-0.39, 0.29) is 6.54 Å². The van der Waals surface area contributed by atoms with E-state index in [2.05, 4.69) is 20.3 Å². The van der Waals surface area contributed by atoms with Gasteiger partial charge in [-0.25, -0.2) is 15.0 Å². The predicted molar refractivity (Wildman–Crippen MR) is 88.7 cm³/mol. The Bertz CT molecular complexity index is 696. The highest BCUT2D eigenvalue weighted by Crippen LogP contribution is 2.10. The number of ether oxygens (including phenoxy) is 1. The molecule has 1 atom stereocenters. The van der Waals surface area contributed by atoms with Crippen LogP contribution >= 0.6 is 11.6 Å². The van der Waals surface area contributed by atoms with Gasteiger partial charge in [0.1, 0.15) is 12.4 Å². The van der Waals surface area contributed by atoms with Crippen LogP contribution < -0.4 is 10.2 Å². The fourth-order valence-electron chi connectivity index (χ4n) is 1.72. The lowest BCUT2D eigenvalue weighted by atomic mass is 10.3. The maximum atomic E-state index is 12.0. The van der Waals surface area contributed by atoms with Crippen molar-refractivity contribution < 1.29 is 14.3 Å². The van der Waals surface area contributed by atoms with Crippen molar-refractivity contribution in [1.82, 2.24) is 15.0 Å². The third-order valence-electron chi connectivity index (χ3n) is 2.92. The summed E-state index contributed by atoms with van der Waals surface area (Å²) in [5.41, 5.74) is 0. The summed E-state index contributed by atoms with van der Waals surface area (Å²) in [5, 5.41) is 2.99. The Balaban J connectivity index is 1.84. The second-order valence-electron chi connectivity index (χ2n) is 4.89. The summed E-state index contributed by atoms with van der Waals surface area (Å²) >= 11 is 5.72. The van der Waals surface area contributed by atoms with Gasteiger partial charge in [0.25, 0.3) is 5.91 Å². The quantitative estimate of drug-likeness (QED) is 0.790. The van der Waals surface area contributed by atoms with Gasteiger partial charge in [0.2, 0.25) is 5.95 Å². The zero-order chi connectivity index (χ0) is 17.5.